The molecule has 9 heteroatoms. The molecular weight excluding hydrogens is 335 g/mol. The van der Waals surface area contributed by atoms with Gasteiger partial charge in [-0.2, -0.15) is 13.2 Å². The van der Waals surface area contributed by atoms with Gasteiger partial charge in [0.15, 0.2) is 11.5 Å². The molecule has 128 valence electrons. The Morgan fingerprint density at radius 1 is 1.00 bits per heavy atom. The van der Waals surface area contributed by atoms with E-state index in [1.165, 1.54) is 18.6 Å². The van der Waals surface area contributed by atoms with Crippen LogP contribution in [-0.4, -0.2) is 25.1 Å². The molecule has 0 unspecified atom stereocenters. The molecule has 25 heavy (non-hydrogen) atoms. The van der Waals surface area contributed by atoms with Crippen LogP contribution >= 0.6 is 0 Å². The van der Waals surface area contributed by atoms with E-state index in [1.807, 2.05) is 0 Å². The molecule has 0 aliphatic heterocycles. The molecule has 0 bridgehead atoms. The molecule has 0 atom stereocenters. The Labute approximate surface area is 140 Å². The van der Waals surface area contributed by atoms with E-state index in [-0.39, 0.29) is 23.8 Å². The van der Waals surface area contributed by atoms with Crippen molar-refractivity contribution in [2.24, 2.45) is 0 Å². The van der Waals surface area contributed by atoms with Crippen molar-refractivity contribution in [3.05, 3.63) is 66.4 Å². The Hall–Kier alpha value is -3.07. The molecule has 1 aromatic carbocycles. The number of benzene rings is 1. The van der Waals surface area contributed by atoms with E-state index in [1.54, 1.807) is 30.3 Å². The summed E-state index contributed by atoms with van der Waals surface area (Å²) in [5.41, 5.74) is -0.318. The normalized spacial score (nSPS) is 11.4. The third kappa shape index (κ3) is 3.89. The van der Waals surface area contributed by atoms with Gasteiger partial charge in [0.1, 0.15) is 11.4 Å². The first-order valence-electron chi connectivity index (χ1n) is 7.16. The number of hydroxylamine groups is 1. The van der Waals surface area contributed by atoms with Gasteiger partial charge in [-0.25, -0.2) is 15.0 Å². The number of anilines is 1. The first-order chi connectivity index (χ1) is 11.9. The first kappa shape index (κ1) is 16.8. The highest BCUT2D eigenvalue weighted by atomic mass is 19.4. The molecule has 3 rings (SSSR count). The molecule has 0 saturated carbocycles. The Morgan fingerprint density at radius 2 is 1.76 bits per heavy atom. The maximum atomic E-state index is 13.0. The third-order valence-corrected chi connectivity index (χ3v) is 3.27. The van der Waals surface area contributed by atoms with Crippen molar-refractivity contribution in [3.63, 3.8) is 0 Å². The van der Waals surface area contributed by atoms with Crippen molar-refractivity contribution in [2.75, 3.05) is 5.06 Å². The van der Waals surface area contributed by atoms with Crippen LogP contribution in [0.15, 0.2) is 55.1 Å². The molecule has 0 aliphatic carbocycles. The van der Waals surface area contributed by atoms with Crippen LogP contribution in [0.25, 0.3) is 11.4 Å². The molecular formula is C16H12F3N5O. The van der Waals surface area contributed by atoms with Crippen molar-refractivity contribution in [1.29, 1.82) is 0 Å². The number of alkyl halides is 3. The maximum absolute atomic E-state index is 13.0. The molecule has 0 saturated heterocycles. The second-order valence-corrected chi connectivity index (χ2v) is 5.06. The lowest BCUT2D eigenvalue weighted by atomic mass is 10.2. The molecule has 2 heterocycles. The van der Waals surface area contributed by atoms with E-state index >= 15 is 0 Å². The minimum absolute atomic E-state index is 0.000434. The van der Waals surface area contributed by atoms with Gasteiger partial charge in [0.25, 0.3) is 0 Å². The molecule has 0 fully saturated rings. The first-order valence-corrected chi connectivity index (χ1v) is 7.16. The summed E-state index contributed by atoms with van der Waals surface area (Å²) in [6.07, 6.45) is 0.0377. The molecule has 0 radical (unpaired) electrons. The van der Waals surface area contributed by atoms with Gasteiger partial charge in [-0.3, -0.25) is 15.2 Å². The molecule has 6 nitrogen and oxygen atoms in total. The fourth-order valence-electron chi connectivity index (χ4n) is 2.13. The molecule has 0 aliphatic rings. The Morgan fingerprint density at radius 3 is 2.40 bits per heavy atom. The quantitative estimate of drug-likeness (QED) is 0.730. The lowest BCUT2D eigenvalue weighted by Crippen LogP contribution is -2.22. The average molecular weight is 347 g/mol. The average Bonchev–Trinajstić information content (AvgIpc) is 2.62. The number of hydrogen-bond acceptors (Lipinski definition) is 6. The Bertz CT molecular complexity index is 843. The van der Waals surface area contributed by atoms with E-state index < -0.39 is 11.9 Å². The van der Waals surface area contributed by atoms with Crippen LogP contribution in [0.5, 0.6) is 0 Å². The molecule has 1 N–H and O–H groups in total. The zero-order valence-electron chi connectivity index (χ0n) is 12.7. The van der Waals surface area contributed by atoms with Gasteiger partial charge < -0.3 is 0 Å². The second-order valence-electron chi connectivity index (χ2n) is 5.06. The number of aromatic nitrogens is 4. The summed E-state index contributed by atoms with van der Waals surface area (Å²) in [6.45, 7) is -0.0654. The van der Waals surface area contributed by atoms with Crippen LogP contribution < -0.4 is 5.06 Å². The van der Waals surface area contributed by atoms with Gasteiger partial charge in [-0.15, -0.1) is 0 Å². The molecule has 3 aromatic rings. The van der Waals surface area contributed by atoms with Crippen LogP contribution in [0.3, 0.4) is 0 Å². The fraction of sp³-hybridized carbons (Fsp3) is 0.125. The predicted octanol–water partition coefficient (Wildman–Crippen LogP) is 3.35. The number of rotatable bonds is 4. The summed E-state index contributed by atoms with van der Waals surface area (Å²) < 4.78 is 38.9. The van der Waals surface area contributed by atoms with E-state index in [0.717, 1.165) is 0 Å². The summed E-state index contributed by atoms with van der Waals surface area (Å²) in [4.78, 5) is 15.2. The second kappa shape index (κ2) is 6.81. The van der Waals surface area contributed by atoms with E-state index in [2.05, 4.69) is 19.9 Å². The minimum Gasteiger partial charge on any atom is -0.287 e. The van der Waals surface area contributed by atoms with E-state index in [0.29, 0.717) is 16.8 Å². The van der Waals surface area contributed by atoms with Crippen LogP contribution in [-0.2, 0) is 12.7 Å². The SMILES string of the molecule is ON(Cc1ccccc1)c1nc(C(F)(F)F)cnc1-c1cnccn1. The van der Waals surface area contributed by atoms with Crippen molar-refractivity contribution in [3.8, 4) is 11.4 Å². The summed E-state index contributed by atoms with van der Waals surface area (Å²) in [5.74, 6) is -0.348. The predicted molar refractivity (Wildman–Crippen MR) is 82.5 cm³/mol. The number of hydrogen-bond donors (Lipinski definition) is 1. The van der Waals surface area contributed by atoms with Gasteiger partial charge in [0.05, 0.1) is 18.9 Å². The van der Waals surface area contributed by atoms with E-state index in [9.17, 15) is 18.4 Å². The van der Waals surface area contributed by atoms with Crippen molar-refractivity contribution in [1.82, 2.24) is 19.9 Å². The van der Waals surface area contributed by atoms with Crippen LogP contribution in [0, 0.1) is 0 Å². The van der Waals surface area contributed by atoms with Gasteiger partial charge >= 0.3 is 6.18 Å². The molecule has 2 aromatic heterocycles. The van der Waals surface area contributed by atoms with Gasteiger partial charge in [0.2, 0.25) is 0 Å². The number of nitrogens with zero attached hydrogens (tertiary/aromatic N) is 5. The molecule has 0 amide bonds. The smallest absolute Gasteiger partial charge is 0.287 e. The topological polar surface area (TPSA) is 75.0 Å². The zero-order chi connectivity index (χ0) is 17.9. The standard InChI is InChI=1S/C16H12F3N5O/c17-16(18,19)13-9-22-14(12-8-20-6-7-21-12)15(23-13)24(25)10-11-4-2-1-3-5-11/h1-9,25H,10H2. The lowest BCUT2D eigenvalue weighted by Gasteiger charge is -2.19. The van der Waals surface area contributed by atoms with Crippen molar-refractivity contribution < 1.29 is 18.4 Å². The van der Waals surface area contributed by atoms with Crippen molar-refractivity contribution >= 4 is 5.82 Å². The van der Waals surface area contributed by atoms with Crippen LogP contribution in [0.4, 0.5) is 19.0 Å². The fourth-order valence-corrected chi connectivity index (χ4v) is 2.13. The van der Waals surface area contributed by atoms with Crippen LogP contribution in [0.2, 0.25) is 0 Å². The maximum Gasteiger partial charge on any atom is 0.434 e. The summed E-state index contributed by atoms with van der Waals surface area (Å²) in [7, 11) is 0. The number of halogens is 3. The lowest BCUT2D eigenvalue weighted by molar-refractivity contribution is -0.141. The highest BCUT2D eigenvalue weighted by molar-refractivity contribution is 5.67. The Balaban J connectivity index is 2.04. The van der Waals surface area contributed by atoms with Gasteiger partial charge in [0, 0.05) is 12.4 Å². The van der Waals surface area contributed by atoms with Crippen molar-refractivity contribution in [2.45, 2.75) is 12.7 Å². The highest BCUT2D eigenvalue weighted by Crippen LogP contribution is 2.32. The summed E-state index contributed by atoms with van der Waals surface area (Å²) >= 11 is 0. The Kier molecular flexibility index (Phi) is 4.57. The minimum atomic E-state index is -4.68. The monoisotopic (exact) mass is 347 g/mol. The largest absolute Gasteiger partial charge is 0.434 e. The van der Waals surface area contributed by atoms with Gasteiger partial charge in [-0.1, -0.05) is 30.3 Å². The van der Waals surface area contributed by atoms with Crippen LogP contribution in [0.1, 0.15) is 11.3 Å². The highest BCUT2D eigenvalue weighted by Gasteiger charge is 2.34. The summed E-state index contributed by atoms with van der Waals surface area (Å²) in [5, 5.41) is 10.9. The third-order valence-electron chi connectivity index (χ3n) is 3.27. The molecule has 0 spiro atoms. The zero-order valence-corrected chi connectivity index (χ0v) is 12.7. The van der Waals surface area contributed by atoms with Gasteiger partial charge in [-0.05, 0) is 5.56 Å². The summed E-state index contributed by atoms with van der Waals surface area (Å²) in [6, 6.07) is 8.76. The van der Waals surface area contributed by atoms with E-state index in [4.69, 9.17) is 0 Å².